The first-order valence-electron chi connectivity index (χ1n) is 7.94. The monoisotopic (exact) mass is 292 g/mol. The fourth-order valence-electron chi connectivity index (χ4n) is 3.65. The van der Waals surface area contributed by atoms with Gasteiger partial charge in [0.05, 0.1) is 0 Å². The third-order valence-corrected chi connectivity index (χ3v) is 4.68. The fraction of sp³-hybridized carbons (Fsp3) is 0.647. The molecule has 3 nitrogen and oxygen atoms in total. The molecule has 4 heteroatoms. The molecule has 1 fully saturated rings. The molecule has 1 saturated heterocycles. The van der Waals surface area contributed by atoms with Crippen molar-refractivity contribution in [1.82, 2.24) is 4.90 Å². The summed E-state index contributed by atoms with van der Waals surface area (Å²) in [6.45, 7) is 7.76. The first-order valence-corrected chi connectivity index (χ1v) is 7.94. The van der Waals surface area contributed by atoms with Gasteiger partial charge in [-0.2, -0.15) is 0 Å². The van der Waals surface area contributed by atoms with Crippen molar-refractivity contribution in [1.29, 1.82) is 0 Å². The van der Waals surface area contributed by atoms with Gasteiger partial charge < -0.3 is 15.4 Å². The van der Waals surface area contributed by atoms with Crippen molar-refractivity contribution in [3.05, 3.63) is 29.6 Å². The molecule has 0 amide bonds. The average Bonchev–Trinajstić information content (AvgIpc) is 2.42. The van der Waals surface area contributed by atoms with Crippen molar-refractivity contribution < 1.29 is 9.13 Å². The number of nitrogens with zero attached hydrogens (tertiary/aromatic N) is 1. The molecule has 116 valence electrons. The van der Waals surface area contributed by atoms with Crippen LogP contribution in [0, 0.1) is 11.7 Å². The number of rotatable bonds is 2. The van der Waals surface area contributed by atoms with Crippen molar-refractivity contribution in [3.63, 3.8) is 0 Å². The van der Waals surface area contributed by atoms with Crippen LogP contribution in [0.1, 0.15) is 44.7 Å². The van der Waals surface area contributed by atoms with E-state index in [4.69, 9.17) is 10.5 Å². The molecule has 1 aromatic rings. The second-order valence-corrected chi connectivity index (χ2v) is 6.97. The predicted molar refractivity (Wildman–Crippen MR) is 81.8 cm³/mol. The van der Waals surface area contributed by atoms with E-state index >= 15 is 0 Å². The Labute approximate surface area is 126 Å². The Balaban J connectivity index is 1.73. The second kappa shape index (κ2) is 5.58. The van der Waals surface area contributed by atoms with Crippen LogP contribution in [0.25, 0.3) is 0 Å². The highest BCUT2D eigenvalue weighted by atomic mass is 19.1. The van der Waals surface area contributed by atoms with Crippen molar-refractivity contribution in [2.24, 2.45) is 11.7 Å². The number of hydrogen-bond donors (Lipinski definition) is 1. The molecule has 1 atom stereocenters. The number of piperidine rings is 1. The second-order valence-electron chi connectivity index (χ2n) is 6.97. The topological polar surface area (TPSA) is 38.5 Å². The van der Waals surface area contributed by atoms with Gasteiger partial charge in [-0.05, 0) is 37.0 Å². The summed E-state index contributed by atoms with van der Waals surface area (Å²) in [5.74, 6) is 1.22. The minimum atomic E-state index is -0.240. The van der Waals surface area contributed by atoms with Gasteiger partial charge in [0, 0.05) is 37.7 Å². The van der Waals surface area contributed by atoms with E-state index in [0.29, 0.717) is 5.92 Å². The maximum Gasteiger partial charge on any atom is 0.125 e. The van der Waals surface area contributed by atoms with E-state index in [-0.39, 0.29) is 17.5 Å². The van der Waals surface area contributed by atoms with Crippen LogP contribution >= 0.6 is 0 Å². The molecule has 0 aromatic heterocycles. The smallest absolute Gasteiger partial charge is 0.125 e. The summed E-state index contributed by atoms with van der Waals surface area (Å²) in [4.78, 5) is 2.50. The van der Waals surface area contributed by atoms with Crippen LogP contribution in [0.3, 0.4) is 0 Å². The normalized spacial score (nSPS) is 24.9. The van der Waals surface area contributed by atoms with Crippen LogP contribution < -0.4 is 10.5 Å². The molecular weight excluding hydrogens is 267 g/mol. The van der Waals surface area contributed by atoms with E-state index in [2.05, 4.69) is 18.7 Å². The molecular formula is C17H25FN2O. The lowest BCUT2D eigenvalue weighted by Gasteiger charge is -2.46. The number of likely N-dealkylation sites (tertiary alicyclic amines) is 1. The summed E-state index contributed by atoms with van der Waals surface area (Å²) in [5.41, 5.74) is 6.93. The van der Waals surface area contributed by atoms with Crippen molar-refractivity contribution >= 4 is 0 Å². The third kappa shape index (κ3) is 3.06. The highest BCUT2D eigenvalue weighted by Crippen LogP contribution is 2.43. The molecule has 21 heavy (non-hydrogen) atoms. The van der Waals surface area contributed by atoms with Gasteiger partial charge in [0.25, 0.3) is 0 Å². The van der Waals surface area contributed by atoms with Gasteiger partial charge in [0.2, 0.25) is 0 Å². The summed E-state index contributed by atoms with van der Waals surface area (Å²) in [7, 11) is 0. The fourth-order valence-corrected chi connectivity index (χ4v) is 3.65. The van der Waals surface area contributed by atoms with Crippen LogP contribution in [0.2, 0.25) is 0 Å². The zero-order valence-electron chi connectivity index (χ0n) is 12.9. The van der Waals surface area contributed by atoms with E-state index in [0.717, 1.165) is 50.2 Å². The molecule has 1 unspecified atom stereocenters. The van der Waals surface area contributed by atoms with Crippen LogP contribution in [-0.4, -0.2) is 30.1 Å². The highest BCUT2D eigenvalue weighted by molar-refractivity contribution is 5.39. The minimum Gasteiger partial charge on any atom is -0.487 e. The van der Waals surface area contributed by atoms with Gasteiger partial charge in [0.15, 0.2) is 0 Å². The number of halogens is 1. The van der Waals surface area contributed by atoms with Crippen molar-refractivity contribution in [2.75, 3.05) is 19.6 Å². The largest absolute Gasteiger partial charge is 0.487 e. The summed E-state index contributed by atoms with van der Waals surface area (Å²) in [6.07, 6.45) is 2.80. The van der Waals surface area contributed by atoms with Gasteiger partial charge >= 0.3 is 0 Å². The quantitative estimate of drug-likeness (QED) is 0.910. The number of benzene rings is 1. The zero-order chi connectivity index (χ0) is 15.0. The van der Waals surface area contributed by atoms with Crippen LogP contribution in [0.4, 0.5) is 4.39 Å². The number of nitrogens with two attached hydrogens (primary N) is 1. The Morgan fingerprint density at radius 3 is 2.76 bits per heavy atom. The van der Waals surface area contributed by atoms with Crippen LogP contribution in [-0.2, 0) is 0 Å². The Hall–Kier alpha value is -1.13. The Kier molecular flexibility index (Phi) is 3.93. The molecule has 3 rings (SSSR count). The summed E-state index contributed by atoms with van der Waals surface area (Å²) < 4.78 is 19.6. The molecule has 2 N–H and O–H groups in total. The van der Waals surface area contributed by atoms with Crippen molar-refractivity contribution in [2.45, 2.75) is 44.8 Å². The van der Waals surface area contributed by atoms with Crippen LogP contribution in [0.15, 0.2) is 18.2 Å². The average molecular weight is 292 g/mol. The van der Waals surface area contributed by atoms with Gasteiger partial charge in [0.1, 0.15) is 17.2 Å². The van der Waals surface area contributed by atoms with Crippen LogP contribution in [0.5, 0.6) is 5.75 Å². The SMILES string of the molecule is CC(C)CN1CCC2(CC1)CC(N)c1cc(F)ccc1O2. The Morgan fingerprint density at radius 1 is 1.38 bits per heavy atom. The standard InChI is InChI=1S/C17H25FN2O/c1-12(2)11-20-7-5-17(6-8-20)10-15(19)14-9-13(18)3-4-16(14)21-17/h3-4,9,12,15H,5-8,10-11,19H2,1-2H3. The minimum absolute atomic E-state index is 0.124. The number of hydrogen-bond acceptors (Lipinski definition) is 3. The zero-order valence-corrected chi connectivity index (χ0v) is 12.9. The molecule has 1 aromatic carbocycles. The molecule has 0 bridgehead atoms. The van der Waals surface area contributed by atoms with E-state index < -0.39 is 0 Å². The molecule has 0 aliphatic carbocycles. The first-order chi connectivity index (χ1) is 9.97. The lowest BCUT2D eigenvalue weighted by molar-refractivity contribution is -0.0237. The van der Waals surface area contributed by atoms with Crippen molar-refractivity contribution in [3.8, 4) is 5.75 Å². The van der Waals surface area contributed by atoms with Gasteiger partial charge in [-0.15, -0.1) is 0 Å². The Bertz CT molecular complexity index is 510. The van der Waals surface area contributed by atoms with E-state index in [1.807, 2.05) is 0 Å². The molecule has 2 aliphatic rings. The maximum absolute atomic E-state index is 13.4. The van der Waals surface area contributed by atoms with Gasteiger partial charge in [-0.25, -0.2) is 4.39 Å². The first kappa shape index (κ1) is 14.8. The molecule has 0 radical (unpaired) electrons. The predicted octanol–water partition coefficient (Wildman–Crippen LogP) is 3.10. The summed E-state index contributed by atoms with van der Waals surface area (Å²) in [6, 6.07) is 4.58. The van der Waals surface area contributed by atoms with Gasteiger partial charge in [-0.1, -0.05) is 13.8 Å². The van der Waals surface area contributed by atoms with E-state index in [9.17, 15) is 4.39 Å². The summed E-state index contributed by atoms with van der Waals surface area (Å²) >= 11 is 0. The van der Waals surface area contributed by atoms with E-state index in [1.54, 1.807) is 6.07 Å². The molecule has 2 aliphatic heterocycles. The maximum atomic E-state index is 13.4. The number of ether oxygens (including phenoxy) is 1. The van der Waals surface area contributed by atoms with E-state index in [1.165, 1.54) is 12.1 Å². The lowest BCUT2D eigenvalue weighted by Crippen LogP contribution is -2.51. The Morgan fingerprint density at radius 2 is 2.10 bits per heavy atom. The number of fused-ring (bicyclic) bond motifs is 1. The molecule has 0 saturated carbocycles. The summed E-state index contributed by atoms with van der Waals surface area (Å²) in [5, 5.41) is 0. The molecule has 1 spiro atoms. The lowest BCUT2D eigenvalue weighted by atomic mass is 9.80. The highest BCUT2D eigenvalue weighted by Gasteiger charge is 2.42. The molecule has 2 heterocycles. The van der Waals surface area contributed by atoms with Gasteiger partial charge in [-0.3, -0.25) is 0 Å². The third-order valence-electron chi connectivity index (χ3n) is 4.68.